The highest BCUT2D eigenvalue weighted by molar-refractivity contribution is 9.10. The number of halogens is 1. The van der Waals surface area contributed by atoms with Gasteiger partial charge in [0.1, 0.15) is 4.60 Å². The van der Waals surface area contributed by atoms with Crippen LogP contribution in [0.25, 0.3) is 0 Å². The third kappa shape index (κ3) is 4.47. The third-order valence-electron chi connectivity index (χ3n) is 4.56. The Morgan fingerprint density at radius 3 is 1.62 bits per heavy atom. The highest BCUT2D eigenvalue weighted by Gasteiger charge is 2.28. The zero-order valence-electron chi connectivity index (χ0n) is 17.5. The lowest BCUT2D eigenvalue weighted by Gasteiger charge is -2.29. The summed E-state index contributed by atoms with van der Waals surface area (Å²) in [5.74, 6) is -1.88. The van der Waals surface area contributed by atoms with E-state index in [0.29, 0.717) is 16.0 Å². The summed E-state index contributed by atoms with van der Waals surface area (Å²) in [6.45, 7) is 0. The van der Waals surface area contributed by atoms with Crippen molar-refractivity contribution in [3.05, 3.63) is 82.1 Å². The molecule has 0 amide bonds. The monoisotopic (exact) mass is 498 g/mol. The number of carbonyl (C=O) groups excluding carboxylic acids is 3. The van der Waals surface area contributed by atoms with Crippen LogP contribution >= 0.6 is 15.9 Å². The number of nitrogens with zero attached hydrogens (tertiary/aromatic N) is 2. The number of methoxy groups -OCH3 is 3. The van der Waals surface area contributed by atoms with Gasteiger partial charge in [0.25, 0.3) is 0 Å². The van der Waals surface area contributed by atoms with Gasteiger partial charge in [0.2, 0.25) is 0 Å². The van der Waals surface area contributed by atoms with Crippen molar-refractivity contribution < 1.29 is 28.6 Å². The molecular weight excluding hydrogens is 480 g/mol. The molecule has 32 heavy (non-hydrogen) atoms. The molecule has 0 spiro atoms. The van der Waals surface area contributed by atoms with E-state index in [9.17, 15) is 14.4 Å². The van der Waals surface area contributed by atoms with E-state index < -0.39 is 17.9 Å². The summed E-state index contributed by atoms with van der Waals surface area (Å²) in [7, 11) is 3.78. The minimum atomic E-state index is -0.697. The fraction of sp³-hybridized carbons (Fsp3) is 0.130. The lowest BCUT2D eigenvalue weighted by atomic mass is 10.1. The molecule has 2 aromatic carbocycles. The number of anilines is 3. The average Bonchev–Trinajstić information content (AvgIpc) is 2.84. The standard InChI is InChI=1S/C23H19BrN2O6/c1-30-21(27)14-8-4-6-10-16(14)26(17-11-7-5-9-15(17)22(28)31-2)18-12-13-19(24)25-20(18)23(29)32-3/h4-13H,1-3H3. The van der Waals surface area contributed by atoms with E-state index in [4.69, 9.17) is 14.2 Å². The van der Waals surface area contributed by atoms with Crippen molar-refractivity contribution in [2.24, 2.45) is 0 Å². The van der Waals surface area contributed by atoms with E-state index in [1.54, 1.807) is 65.6 Å². The first-order valence-corrected chi connectivity index (χ1v) is 10.1. The Balaban J connectivity index is 2.41. The molecule has 0 radical (unpaired) electrons. The van der Waals surface area contributed by atoms with Crippen LogP contribution in [0.15, 0.2) is 65.3 Å². The van der Waals surface area contributed by atoms with Gasteiger partial charge in [-0.15, -0.1) is 0 Å². The van der Waals surface area contributed by atoms with Crippen LogP contribution in [0.1, 0.15) is 31.2 Å². The maximum absolute atomic E-state index is 12.6. The summed E-state index contributed by atoms with van der Waals surface area (Å²) in [5, 5.41) is 0. The fourth-order valence-corrected chi connectivity index (χ4v) is 3.46. The molecule has 3 aromatic rings. The SMILES string of the molecule is COC(=O)c1ccccc1N(c1ccccc1C(=O)OC)c1ccc(Br)nc1C(=O)OC. The van der Waals surface area contributed by atoms with Crippen molar-refractivity contribution in [3.63, 3.8) is 0 Å². The highest BCUT2D eigenvalue weighted by atomic mass is 79.9. The van der Waals surface area contributed by atoms with Gasteiger partial charge in [-0.05, 0) is 52.3 Å². The Hall–Kier alpha value is -3.72. The number of ether oxygens (including phenoxy) is 3. The number of benzene rings is 2. The molecule has 3 rings (SSSR count). The lowest BCUT2D eigenvalue weighted by molar-refractivity contribution is 0.0589. The van der Waals surface area contributed by atoms with Gasteiger partial charge >= 0.3 is 17.9 Å². The van der Waals surface area contributed by atoms with Crippen molar-refractivity contribution in [1.29, 1.82) is 0 Å². The number of rotatable bonds is 6. The van der Waals surface area contributed by atoms with Crippen molar-refractivity contribution in [2.45, 2.75) is 0 Å². The zero-order chi connectivity index (χ0) is 23.3. The largest absolute Gasteiger partial charge is 0.465 e. The normalized spacial score (nSPS) is 10.2. The van der Waals surface area contributed by atoms with Gasteiger partial charge < -0.3 is 19.1 Å². The van der Waals surface area contributed by atoms with Crippen molar-refractivity contribution in [2.75, 3.05) is 26.2 Å². The summed E-state index contributed by atoms with van der Waals surface area (Å²) in [6, 6.07) is 16.6. The number of esters is 3. The van der Waals surface area contributed by atoms with Crippen LogP contribution in [-0.2, 0) is 14.2 Å². The molecule has 8 nitrogen and oxygen atoms in total. The number of para-hydroxylation sites is 2. The summed E-state index contributed by atoms with van der Waals surface area (Å²) in [5.41, 5.74) is 1.42. The van der Waals surface area contributed by atoms with Crippen LogP contribution in [0.3, 0.4) is 0 Å². The van der Waals surface area contributed by atoms with Gasteiger partial charge in [-0.25, -0.2) is 19.4 Å². The molecule has 0 unspecified atom stereocenters. The predicted octanol–water partition coefficient (Wildman–Crippen LogP) is 4.67. The molecule has 1 heterocycles. The first kappa shape index (κ1) is 23.0. The Morgan fingerprint density at radius 1 is 0.688 bits per heavy atom. The minimum absolute atomic E-state index is 0.0267. The number of pyridine rings is 1. The number of hydrogen-bond acceptors (Lipinski definition) is 8. The quantitative estimate of drug-likeness (QED) is 0.274. The second kappa shape index (κ2) is 10.1. The van der Waals surface area contributed by atoms with E-state index >= 15 is 0 Å². The summed E-state index contributed by atoms with van der Waals surface area (Å²) in [4.78, 5) is 43.5. The Kier molecular flexibility index (Phi) is 7.21. The van der Waals surface area contributed by atoms with Crippen LogP contribution in [0.5, 0.6) is 0 Å². The zero-order valence-corrected chi connectivity index (χ0v) is 19.1. The highest BCUT2D eigenvalue weighted by Crippen LogP contribution is 2.40. The minimum Gasteiger partial charge on any atom is -0.465 e. The van der Waals surface area contributed by atoms with Crippen LogP contribution < -0.4 is 4.90 Å². The maximum Gasteiger partial charge on any atom is 0.358 e. The molecule has 0 N–H and O–H groups in total. The van der Waals surface area contributed by atoms with Gasteiger partial charge in [-0.3, -0.25) is 0 Å². The van der Waals surface area contributed by atoms with E-state index in [-0.39, 0.29) is 22.5 Å². The van der Waals surface area contributed by atoms with Crippen LogP contribution in [0.2, 0.25) is 0 Å². The number of carbonyl (C=O) groups is 3. The number of aromatic nitrogens is 1. The molecule has 0 aliphatic heterocycles. The second-order valence-electron chi connectivity index (χ2n) is 6.35. The average molecular weight is 499 g/mol. The summed E-state index contributed by atoms with van der Waals surface area (Å²) < 4.78 is 15.2. The van der Waals surface area contributed by atoms with E-state index in [1.165, 1.54) is 21.3 Å². The van der Waals surface area contributed by atoms with E-state index in [1.807, 2.05) is 0 Å². The van der Waals surface area contributed by atoms with Gasteiger partial charge in [-0.1, -0.05) is 24.3 Å². The summed E-state index contributed by atoms with van der Waals surface area (Å²) >= 11 is 3.27. The second-order valence-corrected chi connectivity index (χ2v) is 7.16. The fourth-order valence-electron chi connectivity index (χ4n) is 3.15. The molecule has 1 aromatic heterocycles. The van der Waals surface area contributed by atoms with Gasteiger partial charge in [0.05, 0.1) is 49.5 Å². The first-order chi connectivity index (χ1) is 15.4. The van der Waals surface area contributed by atoms with Crippen LogP contribution in [-0.4, -0.2) is 44.2 Å². The lowest BCUT2D eigenvalue weighted by Crippen LogP contribution is -2.21. The molecule has 0 aliphatic rings. The predicted molar refractivity (Wildman–Crippen MR) is 121 cm³/mol. The van der Waals surface area contributed by atoms with E-state index in [2.05, 4.69) is 20.9 Å². The van der Waals surface area contributed by atoms with Crippen molar-refractivity contribution in [1.82, 2.24) is 4.98 Å². The Labute approximate surface area is 192 Å². The van der Waals surface area contributed by atoms with Gasteiger partial charge in [0.15, 0.2) is 5.69 Å². The maximum atomic E-state index is 12.6. The number of hydrogen-bond donors (Lipinski definition) is 0. The molecule has 0 aliphatic carbocycles. The van der Waals surface area contributed by atoms with Gasteiger partial charge in [0, 0.05) is 0 Å². The molecule has 0 saturated carbocycles. The Morgan fingerprint density at radius 2 is 1.16 bits per heavy atom. The van der Waals surface area contributed by atoms with E-state index in [0.717, 1.165) is 0 Å². The molecule has 0 atom stereocenters. The third-order valence-corrected chi connectivity index (χ3v) is 5.00. The molecular formula is C23H19BrN2O6. The molecule has 9 heteroatoms. The van der Waals surface area contributed by atoms with Crippen molar-refractivity contribution in [3.8, 4) is 0 Å². The van der Waals surface area contributed by atoms with Crippen molar-refractivity contribution >= 4 is 50.9 Å². The van der Waals surface area contributed by atoms with Crippen LogP contribution in [0, 0.1) is 0 Å². The first-order valence-electron chi connectivity index (χ1n) is 9.32. The smallest absolute Gasteiger partial charge is 0.358 e. The van der Waals surface area contributed by atoms with Crippen LogP contribution in [0.4, 0.5) is 17.1 Å². The van der Waals surface area contributed by atoms with Gasteiger partial charge in [-0.2, -0.15) is 0 Å². The molecule has 0 fully saturated rings. The Bertz CT molecular complexity index is 1120. The topological polar surface area (TPSA) is 95.0 Å². The molecule has 164 valence electrons. The molecule has 0 saturated heterocycles. The molecule has 0 bridgehead atoms. The summed E-state index contributed by atoms with van der Waals surface area (Å²) in [6.07, 6.45) is 0.